The van der Waals surface area contributed by atoms with Gasteiger partial charge in [0.1, 0.15) is 0 Å². The van der Waals surface area contributed by atoms with Crippen LogP contribution in [0.2, 0.25) is 0 Å². The zero-order valence-corrected chi connectivity index (χ0v) is 16.2. The van der Waals surface area contributed by atoms with Crippen LogP contribution in [0.4, 0.5) is 11.4 Å². The van der Waals surface area contributed by atoms with Gasteiger partial charge in [0, 0.05) is 33.8 Å². The Morgan fingerprint density at radius 1 is 1.20 bits per heavy atom. The quantitative estimate of drug-likeness (QED) is 0.329. The summed E-state index contributed by atoms with van der Waals surface area (Å²) < 4.78 is 5.86. The summed E-state index contributed by atoms with van der Waals surface area (Å²) in [6.07, 6.45) is 1.06. The molecule has 1 aromatic heterocycles. The molecule has 0 spiro atoms. The van der Waals surface area contributed by atoms with Crippen LogP contribution >= 0.6 is 11.3 Å². The molecule has 30 heavy (non-hydrogen) atoms. The highest BCUT2D eigenvalue weighted by Gasteiger charge is 2.17. The molecule has 0 aliphatic heterocycles. The molecule has 1 amide bonds. The molecule has 0 bridgehead atoms. The number of hydrogen-bond acceptors (Lipinski definition) is 9. The number of amides is 1. The minimum atomic E-state index is -0.645. The van der Waals surface area contributed by atoms with E-state index in [0.29, 0.717) is 10.1 Å². The molecular formula is C18H14N4O7S. The Bertz CT molecular complexity index is 1190. The Balaban J connectivity index is 1.81. The van der Waals surface area contributed by atoms with Crippen LogP contribution in [0.5, 0.6) is 11.5 Å². The Hall–Kier alpha value is -4.06. The van der Waals surface area contributed by atoms with Crippen LogP contribution in [0.25, 0.3) is 10.1 Å². The number of non-ortho nitro benzene ring substituents is 2. The highest BCUT2D eigenvalue weighted by molar-refractivity contribution is 7.20. The molecular weight excluding hydrogens is 416 g/mol. The summed E-state index contributed by atoms with van der Waals surface area (Å²) in [4.78, 5) is 33.3. The summed E-state index contributed by atoms with van der Waals surface area (Å²) in [7, 11) is 0. The molecule has 154 valence electrons. The first kappa shape index (κ1) is 20.7. The maximum absolute atomic E-state index is 12.3. The summed E-state index contributed by atoms with van der Waals surface area (Å²) in [5.41, 5.74) is 1.85. The molecule has 0 saturated carbocycles. The third-order valence-corrected chi connectivity index (χ3v) is 5.02. The number of aromatic hydroxyl groups is 1. The van der Waals surface area contributed by atoms with E-state index in [4.69, 9.17) is 4.74 Å². The van der Waals surface area contributed by atoms with E-state index in [1.807, 2.05) is 0 Å². The van der Waals surface area contributed by atoms with E-state index in [2.05, 4.69) is 10.5 Å². The lowest BCUT2D eigenvalue weighted by Crippen LogP contribution is -2.16. The summed E-state index contributed by atoms with van der Waals surface area (Å²) >= 11 is 1.12. The van der Waals surface area contributed by atoms with Gasteiger partial charge in [0.05, 0.1) is 33.6 Å². The van der Waals surface area contributed by atoms with E-state index in [9.17, 15) is 30.1 Å². The second kappa shape index (κ2) is 8.53. The molecule has 0 unspecified atom stereocenters. The molecule has 3 aromatic rings. The minimum absolute atomic E-state index is 0.0140. The molecule has 12 heteroatoms. The Morgan fingerprint density at radius 2 is 1.93 bits per heavy atom. The predicted molar refractivity (Wildman–Crippen MR) is 109 cm³/mol. The lowest BCUT2D eigenvalue weighted by Gasteiger charge is -2.07. The number of hydrogen-bond donors (Lipinski definition) is 2. The van der Waals surface area contributed by atoms with Gasteiger partial charge >= 0.3 is 0 Å². The largest absolute Gasteiger partial charge is 0.504 e. The van der Waals surface area contributed by atoms with Crippen molar-refractivity contribution >= 4 is 44.9 Å². The fraction of sp³-hybridized carbons (Fsp3) is 0.111. The summed E-state index contributed by atoms with van der Waals surface area (Å²) in [5.74, 6) is -1.01. The van der Waals surface area contributed by atoms with Crippen molar-refractivity contribution in [3.05, 3.63) is 67.1 Å². The first-order valence-electron chi connectivity index (χ1n) is 8.45. The SMILES string of the molecule is CCOc1cc([N+](=O)[O-])cc(C=NNC(=O)c2cc3cc([N+](=O)[O-])ccc3s2)c1O. The standard InChI is InChI=1S/C18H14N4O7S/c1-2-29-14-8-13(22(27)28)6-11(17(14)23)9-19-20-18(24)16-7-10-5-12(21(25)26)3-4-15(10)30-16/h3-9,23H,2H2,1H3,(H,20,24). The lowest BCUT2D eigenvalue weighted by atomic mass is 10.1. The molecule has 2 N–H and O–H groups in total. The number of ether oxygens (including phenoxy) is 1. The molecule has 0 aliphatic rings. The maximum Gasteiger partial charge on any atom is 0.281 e. The van der Waals surface area contributed by atoms with Crippen LogP contribution in [0.3, 0.4) is 0 Å². The van der Waals surface area contributed by atoms with Gasteiger partial charge < -0.3 is 9.84 Å². The average Bonchev–Trinajstić information content (AvgIpc) is 3.14. The van der Waals surface area contributed by atoms with Crippen LogP contribution in [0, 0.1) is 20.2 Å². The lowest BCUT2D eigenvalue weighted by molar-refractivity contribution is -0.385. The van der Waals surface area contributed by atoms with Gasteiger partial charge in [-0.25, -0.2) is 5.43 Å². The number of rotatable bonds is 7. The summed E-state index contributed by atoms with van der Waals surface area (Å²) in [5, 5.41) is 36.4. The topological polar surface area (TPSA) is 157 Å². The minimum Gasteiger partial charge on any atom is -0.504 e. The van der Waals surface area contributed by atoms with Crippen molar-refractivity contribution in [3.63, 3.8) is 0 Å². The first-order chi connectivity index (χ1) is 14.3. The molecule has 0 radical (unpaired) electrons. The van der Waals surface area contributed by atoms with Crippen molar-refractivity contribution < 1.29 is 24.5 Å². The van der Waals surface area contributed by atoms with Crippen LogP contribution in [0.1, 0.15) is 22.2 Å². The Labute approximate surface area is 172 Å². The molecule has 1 heterocycles. The Morgan fingerprint density at radius 3 is 2.60 bits per heavy atom. The molecule has 11 nitrogen and oxygen atoms in total. The van der Waals surface area contributed by atoms with Gasteiger partial charge in [-0.3, -0.25) is 25.0 Å². The number of phenolic OH excluding ortho intramolecular Hbond substituents is 1. The number of nitrogens with one attached hydrogen (secondary N) is 1. The highest BCUT2D eigenvalue weighted by Crippen LogP contribution is 2.34. The van der Waals surface area contributed by atoms with E-state index in [-0.39, 0.29) is 39.9 Å². The highest BCUT2D eigenvalue weighted by atomic mass is 32.1. The van der Waals surface area contributed by atoms with Gasteiger partial charge in [0.2, 0.25) is 0 Å². The third-order valence-electron chi connectivity index (χ3n) is 3.90. The third kappa shape index (κ3) is 4.33. The monoisotopic (exact) mass is 430 g/mol. The molecule has 0 fully saturated rings. The van der Waals surface area contributed by atoms with Crippen LogP contribution in [-0.2, 0) is 0 Å². The van der Waals surface area contributed by atoms with Crippen molar-refractivity contribution in [2.45, 2.75) is 6.92 Å². The van der Waals surface area contributed by atoms with E-state index < -0.39 is 15.8 Å². The molecule has 0 saturated heterocycles. The average molecular weight is 430 g/mol. The smallest absolute Gasteiger partial charge is 0.281 e. The molecule has 0 atom stereocenters. The summed E-state index contributed by atoms with van der Waals surface area (Å²) in [6, 6.07) is 7.93. The number of carbonyl (C=O) groups excluding carboxylic acids is 1. The predicted octanol–water partition coefficient (Wildman–Crippen LogP) is 3.59. The van der Waals surface area contributed by atoms with Crippen molar-refractivity contribution in [3.8, 4) is 11.5 Å². The van der Waals surface area contributed by atoms with E-state index in [1.54, 1.807) is 13.0 Å². The van der Waals surface area contributed by atoms with E-state index in [1.165, 1.54) is 18.2 Å². The number of nitrogens with zero attached hydrogens (tertiary/aromatic N) is 3. The van der Waals surface area contributed by atoms with Crippen LogP contribution in [0.15, 0.2) is 41.5 Å². The van der Waals surface area contributed by atoms with Gasteiger partial charge in [-0.2, -0.15) is 5.10 Å². The van der Waals surface area contributed by atoms with Gasteiger partial charge in [0.25, 0.3) is 17.3 Å². The fourth-order valence-corrected chi connectivity index (χ4v) is 3.49. The molecule has 2 aromatic carbocycles. The first-order valence-corrected chi connectivity index (χ1v) is 9.27. The van der Waals surface area contributed by atoms with E-state index >= 15 is 0 Å². The normalized spacial score (nSPS) is 11.0. The van der Waals surface area contributed by atoms with Crippen molar-refractivity contribution in [1.29, 1.82) is 0 Å². The number of nitro groups is 2. The van der Waals surface area contributed by atoms with Crippen molar-refractivity contribution in [1.82, 2.24) is 5.43 Å². The fourth-order valence-electron chi connectivity index (χ4n) is 2.56. The van der Waals surface area contributed by atoms with Gasteiger partial charge in [-0.1, -0.05) is 0 Å². The zero-order chi connectivity index (χ0) is 21.8. The maximum atomic E-state index is 12.3. The van der Waals surface area contributed by atoms with E-state index in [0.717, 1.165) is 29.7 Å². The zero-order valence-electron chi connectivity index (χ0n) is 15.4. The number of nitro benzene ring substituents is 2. The van der Waals surface area contributed by atoms with Gasteiger partial charge in [-0.05, 0) is 19.1 Å². The number of fused-ring (bicyclic) bond motifs is 1. The van der Waals surface area contributed by atoms with Gasteiger partial charge in [-0.15, -0.1) is 11.3 Å². The second-order valence-corrected chi connectivity index (χ2v) is 6.94. The van der Waals surface area contributed by atoms with Crippen LogP contribution in [-0.4, -0.2) is 33.7 Å². The molecule has 3 rings (SSSR count). The Kier molecular flexibility index (Phi) is 5.88. The van der Waals surface area contributed by atoms with Crippen LogP contribution < -0.4 is 10.2 Å². The number of benzene rings is 2. The van der Waals surface area contributed by atoms with Crippen molar-refractivity contribution in [2.75, 3.05) is 6.61 Å². The summed E-state index contributed by atoms with van der Waals surface area (Å²) in [6.45, 7) is 1.85. The second-order valence-electron chi connectivity index (χ2n) is 5.86. The number of carbonyl (C=O) groups is 1. The van der Waals surface area contributed by atoms with Gasteiger partial charge in [0.15, 0.2) is 11.5 Å². The number of hydrazone groups is 1. The molecule has 0 aliphatic carbocycles. The number of phenols is 1. The number of thiophene rings is 1. The van der Waals surface area contributed by atoms with Crippen molar-refractivity contribution in [2.24, 2.45) is 5.10 Å².